The standard InChI is InChI=1S/C21H23FN2O2/c1-21(2,18-13-23-19-12-15(22)8-9-17(18)19)14-24-20(25)10-11-26-16-6-4-3-5-7-16/h3-9,12-13,23H,10-11,14H2,1-2H3,(H,24,25). The van der Waals surface area contributed by atoms with Gasteiger partial charge >= 0.3 is 0 Å². The summed E-state index contributed by atoms with van der Waals surface area (Å²) in [5.74, 6) is 0.432. The first-order chi connectivity index (χ1) is 12.5. The summed E-state index contributed by atoms with van der Waals surface area (Å²) in [5, 5.41) is 3.94. The Hall–Kier alpha value is -2.82. The van der Waals surface area contributed by atoms with E-state index in [-0.39, 0.29) is 17.1 Å². The van der Waals surface area contributed by atoms with Crippen LogP contribution in [0, 0.1) is 5.82 Å². The van der Waals surface area contributed by atoms with Crippen molar-refractivity contribution in [1.82, 2.24) is 10.3 Å². The molecule has 5 heteroatoms. The summed E-state index contributed by atoms with van der Waals surface area (Å²) in [4.78, 5) is 15.2. The number of carbonyl (C=O) groups is 1. The summed E-state index contributed by atoms with van der Waals surface area (Å²) >= 11 is 0. The van der Waals surface area contributed by atoms with Crippen LogP contribution < -0.4 is 10.1 Å². The van der Waals surface area contributed by atoms with E-state index in [1.807, 2.05) is 36.5 Å². The number of aromatic amines is 1. The zero-order valence-corrected chi connectivity index (χ0v) is 15.0. The molecule has 3 aromatic rings. The summed E-state index contributed by atoms with van der Waals surface area (Å²) in [6, 6.07) is 14.1. The molecule has 0 fully saturated rings. The molecular weight excluding hydrogens is 331 g/mol. The molecule has 0 unspecified atom stereocenters. The minimum absolute atomic E-state index is 0.0557. The molecule has 0 aliphatic carbocycles. The van der Waals surface area contributed by atoms with Crippen LogP contribution in [0.4, 0.5) is 4.39 Å². The molecule has 26 heavy (non-hydrogen) atoms. The highest BCUT2D eigenvalue weighted by Gasteiger charge is 2.24. The quantitative estimate of drug-likeness (QED) is 0.669. The van der Waals surface area contributed by atoms with E-state index in [1.54, 1.807) is 6.07 Å². The highest BCUT2D eigenvalue weighted by molar-refractivity contribution is 5.84. The number of rotatable bonds is 7. The first kappa shape index (κ1) is 18.0. The number of aromatic nitrogens is 1. The number of fused-ring (bicyclic) bond motifs is 1. The lowest BCUT2D eigenvalue weighted by molar-refractivity contribution is -0.121. The molecule has 0 aliphatic heterocycles. The van der Waals surface area contributed by atoms with E-state index in [0.29, 0.717) is 19.6 Å². The van der Waals surface area contributed by atoms with Gasteiger partial charge in [-0.3, -0.25) is 4.79 Å². The monoisotopic (exact) mass is 354 g/mol. The zero-order chi connectivity index (χ0) is 18.6. The number of nitrogens with one attached hydrogen (secondary N) is 2. The maximum atomic E-state index is 13.3. The fourth-order valence-corrected chi connectivity index (χ4v) is 2.94. The van der Waals surface area contributed by atoms with Crippen molar-refractivity contribution < 1.29 is 13.9 Å². The molecule has 0 saturated carbocycles. The number of para-hydroxylation sites is 1. The van der Waals surface area contributed by atoms with E-state index in [0.717, 1.165) is 22.2 Å². The van der Waals surface area contributed by atoms with Gasteiger partial charge in [0.15, 0.2) is 0 Å². The SMILES string of the molecule is CC(C)(CNC(=O)CCOc1ccccc1)c1c[nH]c2cc(F)ccc12. The van der Waals surface area contributed by atoms with Gasteiger partial charge in [0, 0.05) is 29.1 Å². The molecule has 0 bridgehead atoms. The van der Waals surface area contributed by atoms with Gasteiger partial charge < -0.3 is 15.0 Å². The molecule has 1 heterocycles. The van der Waals surface area contributed by atoms with E-state index in [9.17, 15) is 9.18 Å². The molecule has 3 rings (SSSR count). The van der Waals surface area contributed by atoms with Gasteiger partial charge in [0.25, 0.3) is 0 Å². The first-order valence-electron chi connectivity index (χ1n) is 8.67. The molecule has 2 aromatic carbocycles. The van der Waals surface area contributed by atoms with Crippen LogP contribution >= 0.6 is 0 Å². The van der Waals surface area contributed by atoms with Gasteiger partial charge in [-0.1, -0.05) is 32.0 Å². The summed E-state index contributed by atoms with van der Waals surface area (Å²) in [6.45, 7) is 4.93. The van der Waals surface area contributed by atoms with Crippen molar-refractivity contribution in [3.63, 3.8) is 0 Å². The van der Waals surface area contributed by atoms with Gasteiger partial charge in [-0.2, -0.15) is 0 Å². The van der Waals surface area contributed by atoms with Gasteiger partial charge in [-0.05, 0) is 35.9 Å². The second-order valence-corrected chi connectivity index (χ2v) is 6.96. The van der Waals surface area contributed by atoms with Crippen molar-refractivity contribution in [3.05, 3.63) is 66.1 Å². The molecule has 1 aromatic heterocycles. The Bertz CT molecular complexity index is 887. The Labute approximate surface area is 152 Å². The number of halogens is 1. The Morgan fingerprint density at radius 2 is 1.96 bits per heavy atom. The zero-order valence-electron chi connectivity index (χ0n) is 15.0. The van der Waals surface area contributed by atoms with Gasteiger partial charge in [0.05, 0.1) is 13.0 Å². The van der Waals surface area contributed by atoms with Crippen LogP contribution in [-0.2, 0) is 10.2 Å². The van der Waals surface area contributed by atoms with Crippen LogP contribution in [0.25, 0.3) is 10.9 Å². The molecule has 2 N–H and O–H groups in total. The van der Waals surface area contributed by atoms with Gasteiger partial charge in [0.1, 0.15) is 11.6 Å². The fourth-order valence-electron chi connectivity index (χ4n) is 2.94. The van der Waals surface area contributed by atoms with Crippen molar-refractivity contribution in [2.45, 2.75) is 25.7 Å². The topological polar surface area (TPSA) is 54.1 Å². The second kappa shape index (κ2) is 7.60. The van der Waals surface area contributed by atoms with Crippen LogP contribution in [0.1, 0.15) is 25.8 Å². The highest BCUT2D eigenvalue weighted by atomic mass is 19.1. The number of amides is 1. The smallest absolute Gasteiger partial charge is 0.223 e. The number of carbonyl (C=O) groups excluding carboxylic acids is 1. The van der Waals surface area contributed by atoms with Crippen LogP contribution in [0.3, 0.4) is 0 Å². The average molecular weight is 354 g/mol. The van der Waals surface area contributed by atoms with Gasteiger partial charge in [-0.15, -0.1) is 0 Å². The Morgan fingerprint density at radius 3 is 2.73 bits per heavy atom. The molecular formula is C21H23FN2O2. The van der Waals surface area contributed by atoms with E-state index < -0.39 is 0 Å². The minimum Gasteiger partial charge on any atom is -0.493 e. The first-order valence-corrected chi connectivity index (χ1v) is 8.67. The van der Waals surface area contributed by atoms with Crippen molar-refractivity contribution >= 4 is 16.8 Å². The van der Waals surface area contributed by atoms with Crippen LogP contribution in [0.2, 0.25) is 0 Å². The maximum Gasteiger partial charge on any atom is 0.223 e. The van der Waals surface area contributed by atoms with E-state index in [4.69, 9.17) is 4.74 Å². The minimum atomic E-state index is -0.286. The maximum absolute atomic E-state index is 13.3. The lowest BCUT2D eigenvalue weighted by Crippen LogP contribution is -2.37. The van der Waals surface area contributed by atoms with Crippen molar-refractivity contribution in [2.75, 3.05) is 13.2 Å². The lowest BCUT2D eigenvalue weighted by atomic mass is 9.84. The van der Waals surface area contributed by atoms with Gasteiger partial charge in [-0.25, -0.2) is 4.39 Å². The third kappa shape index (κ3) is 4.23. The molecule has 0 aliphatic rings. The lowest BCUT2D eigenvalue weighted by Gasteiger charge is -2.25. The predicted octanol–water partition coefficient (Wildman–Crippen LogP) is 4.17. The average Bonchev–Trinajstić information content (AvgIpc) is 3.05. The summed E-state index contributed by atoms with van der Waals surface area (Å²) in [7, 11) is 0. The molecule has 0 spiro atoms. The number of ether oxygens (including phenoxy) is 1. The van der Waals surface area contributed by atoms with E-state index in [2.05, 4.69) is 24.1 Å². The largest absolute Gasteiger partial charge is 0.493 e. The number of benzene rings is 2. The Kier molecular flexibility index (Phi) is 5.26. The molecule has 4 nitrogen and oxygen atoms in total. The van der Waals surface area contributed by atoms with E-state index in [1.165, 1.54) is 12.1 Å². The third-order valence-electron chi connectivity index (χ3n) is 4.44. The van der Waals surface area contributed by atoms with Crippen molar-refractivity contribution in [2.24, 2.45) is 0 Å². The Morgan fingerprint density at radius 1 is 1.19 bits per heavy atom. The second-order valence-electron chi connectivity index (χ2n) is 6.96. The third-order valence-corrected chi connectivity index (χ3v) is 4.44. The van der Waals surface area contributed by atoms with E-state index >= 15 is 0 Å². The normalized spacial score (nSPS) is 11.5. The summed E-state index contributed by atoms with van der Waals surface area (Å²) in [5.41, 5.74) is 1.52. The van der Waals surface area contributed by atoms with Crippen LogP contribution in [0.5, 0.6) is 5.75 Å². The number of H-pyrrole nitrogens is 1. The molecule has 1 amide bonds. The van der Waals surface area contributed by atoms with Gasteiger partial charge in [0.2, 0.25) is 5.91 Å². The van der Waals surface area contributed by atoms with Crippen molar-refractivity contribution in [1.29, 1.82) is 0 Å². The number of hydrogen-bond donors (Lipinski definition) is 2. The Balaban J connectivity index is 1.54. The van der Waals surface area contributed by atoms with Crippen LogP contribution in [0.15, 0.2) is 54.7 Å². The molecule has 0 atom stereocenters. The summed E-state index contributed by atoms with van der Waals surface area (Å²) in [6.07, 6.45) is 2.18. The highest BCUT2D eigenvalue weighted by Crippen LogP contribution is 2.30. The molecule has 136 valence electrons. The predicted molar refractivity (Wildman–Crippen MR) is 101 cm³/mol. The molecule has 0 saturated heterocycles. The summed E-state index contributed by atoms with van der Waals surface area (Å²) < 4.78 is 18.9. The fraction of sp³-hybridized carbons (Fsp3) is 0.286. The van der Waals surface area contributed by atoms with Crippen molar-refractivity contribution in [3.8, 4) is 5.75 Å². The van der Waals surface area contributed by atoms with Crippen LogP contribution in [-0.4, -0.2) is 24.0 Å². The molecule has 0 radical (unpaired) electrons. The number of hydrogen-bond acceptors (Lipinski definition) is 2.